The van der Waals surface area contributed by atoms with E-state index in [-0.39, 0.29) is 5.56 Å². The average Bonchev–Trinajstić information content (AvgIpc) is 2.47. The topological polar surface area (TPSA) is 23.8 Å². The van der Waals surface area contributed by atoms with Crippen LogP contribution in [0.3, 0.4) is 0 Å². The van der Waals surface area contributed by atoms with Gasteiger partial charge in [-0.05, 0) is 36.6 Å². The maximum absolute atomic E-state index is 13.8. The molecule has 1 atom stereocenters. The first-order valence-corrected chi connectivity index (χ1v) is 6.90. The van der Waals surface area contributed by atoms with Crippen molar-refractivity contribution in [1.29, 1.82) is 5.26 Å². The number of aryl methyl sites for hydroxylation is 1. The zero-order chi connectivity index (χ0) is 14.6. The Balaban J connectivity index is 2.19. The maximum atomic E-state index is 13.8. The van der Waals surface area contributed by atoms with E-state index in [2.05, 4.69) is 0 Å². The molecule has 0 saturated carbocycles. The van der Waals surface area contributed by atoms with Crippen molar-refractivity contribution in [3.8, 4) is 6.07 Å². The molecule has 2 aromatic rings. The fourth-order valence-electron chi connectivity index (χ4n) is 2.00. The molecule has 0 fully saturated rings. The van der Waals surface area contributed by atoms with Crippen molar-refractivity contribution in [3.63, 3.8) is 0 Å². The SMILES string of the molecule is N#CC(Cl)(CCc1ccc(Cl)cc1)c1ccccc1F. The van der Waals surface area contributed by atoms with E-state index in [9.17, 15) is 9.65 Å². The van der Waals surface area contributed by atoms with Gasteiger partial charge in [-0.1, -0.05) is 53.5 Å². The summed E-state index contributed by atoms with van der Waals surface area (Å²) in [5.74, 6) is -0.458. The molecule has 0 aliphatic heterocycles. The zero-order valence-electron chi connectivity index (χ0n) is 10.6. The lowest BCUT2D eigenvalue weighted by Gasteiger charge is -2.20. The summed E-state index contributed by atoms with van der Waals surface area (Å²) >= 11 is 12.1. The molecule has 0 aliphatic carbocycles. The lowest BCUT2D eigenvalue weighted by atomic mass is 9.92. The highest BCUT2D eigenvalue weighted by atomic mass is 35.5. The normalized spacial score (nSPS) is 13.5. The van der Waals surface area contributed by atoms with E-state index in [1.807, 2.05) is 18.2 Å². The summed E-state index contributed by atoms with van der Waals surface area (Å²) in [6, 6.07) is 15.4. The van der Waals surface area contributed by atoms with Crippen LogP contribution in [0, 0.1) is 17.1 Å². The third kappa shape index (κ3) is 3.30. The molecule has 0 amide bonds. The molecule has 1 nitrogen and oxygen atoms in total. The quantitative estimate of drug-likeness (QED) is 0.723. The van der Waals surface area contributed by atoms with E-state index in [1.165, 1.54) is 6.07 Å². The predicted molar refractivity (Wildman–Crippen MR) is 79.3 cm³/mol. The summed E-state index contributed by atoms with van der Waals surface area (Å²) in [5, 5.41) is 9.97. The van der Waals surface area contributed by atoms with Gasteiger partial charge in [-0.2, -0.15) is 5.26 Å². The molecular formula is C16H12Cl2FN. The Labute approximate surface area is 127 Å². The summed E-state index contributed by atoms with van der Waals surface area (Å²) in [6.45, 7) is 0. The molecule has 4 heteroatoms. The van der Waals surface area contributed by atoms with Crippen LogP contribution in [-0.2, 0) is 11.3 Å². The Morgan fingerprint density at radius 1 is 1.10 bits per heavy atom. The van der Waals surface area contributed by atoms with Crippen molar-refractivity contribution in [2.75, 3.05) is 0 Å². The highest BCUT2D eigenvalue weighted by Crippen LogP contribution is 2.35. The van der Waals surface area contributed by atoms with Gasteiger partial charge in [0.1, 0.15) is 5.82 Å². The molecule has 102 valence electrons. The minimum absolute atomic E-state index is 0.220. The molecule has 0 bridgehead atoms. The maximum Gasteiger partial charge on any atom is 0.159 e. The first-order chi connectivity index (χ1) is 9.55. The molecule has 1 unspecified atom stereocenters. The molecular weight excluding hydrogens is 296 g/mol. The molecule has 2 aromatic carbocycles. The van der Waals surface area contributed by atoms with Crippen LogP contribution in [-0.4, -0.2) is 0 Å². The van der Waals surface area contributed by atoms with Gasteiger partial charge in [0, 0.05) is 10.6 Å². The van der Waals surface area contributed by atoms with Gasteiger partial charge in [0.05, 0.1) is 6.07 Å². The Bertz CT molecular complexity index is 634. The van der Waals surface area contributed by atoms with Gasteiger partial charge in [0.25, 0.3) is 0 Å². The summed E-state index contributed by atoms with van der Waals surface area (Å²) in [7, 11) is 0. The molecule has 0 radical (unpaired) electrons. The van der Waals surface area contributed by atoms with Crippen molar-refractivity contribution in [3.05, 3.63) is 70.5 Å². The van der Waals surface area contributed by atoms with E-state index in [4.69, 9.17) is 23.2 Å². The van der Waals surface area contributed by atoms with Crippen LogP contribution in [0.2, 0.25) is 5.02 Å². The Morgan fingerprint density at radius 3 is 2.35 bits per heavy atom. The molecule has 0 aliphatic rings. The molecule has 20 heavy (non-hydrogen) atoms. The average molecular weight is 308 g/mol. The highest BCUT2D eigenvalue weighted by Gasteiger charge is 2.31. The zero-order valence-corrected chi connectivity index (χ0v) is 12.1. The number of benzene rings is 2. The third-order valence-electron chi connectivity index (χ3n) is 3.15. The number of halogens is 3. The van der Waals surface area contributed by atoms with Crippen molar-refractivity contribution >= 4 is 23.2 Å². The Hall–Kier alpha value is -1.56. The number of nitrogens with zero attached hydrogens (tertiary/aromatic N) is 1. The second-order valence-corrected chi connectivity index (χ2v) is 5.60. The van der Waals surface area contributed by atoms with Crippen molar-refractivity contribution in [1.82, 2.24) is 0 Å². The smallest absolute Gasteiger partial charge is 0.159 e. The van der Waals surface area contributed by atoms with E-state index < -0.39 is 10.7 Å². The first kappa shape index (κ1) is 14.8. The van der Waals surface area contributed by atoms with Gasteiger partial charge in [-0.25, -0.2) is 4.39 Å². The summed E-state index contributed by atoms with van der Waals surface area (Å²) in [4.78, 5) is -1.36. The van der Waals surface area contributed by atoms with Gasteiger partial charge in [0.2, 0.25) is 0 Å². The first-order valence-electron chi connectivity index (χ1n) is 6.15. The van der Waals surface area contributed by atoms with Gasteiger partial charge < -0.3 is 0 Å². The molecule has 0 N–H and O–H groups in total. The summed E-state index contributed by atoms with van der Waals surface area (Å²) in [5.41, 5.74) is 1.23. The van der Waals surface area contributed by atoms with Crippen molar-refractivity contribution < 1.29 is 4.39 Å². The number of alkyl halides is 1. The van der Waals surface area contributed by atoms with Gasteiger partial charge in [-0.3, -0.25) is 0 Å². The Kier molecular flexibility index (Phi) is 4.65. The fraction of sp³-hybridized carbons (Fsp3) is 0.188. The summed E-state index contributed by atoms with van der Waals surface area (Å²) < 4.78 is 13.8. The second-order valence-electron chi connectivity index (χ2n) is 4.52. The van der Waals surface area contributed by atoms with E-state index >= 15 is 0 Å². The highest BCUT2D eigenvalue weighted by molar-refractivity contribution is 6.30. The molecule has 2 rings (SSSR count). The largest absolute Gasteiger partial charge is 0.207 e. The minimum atomic E-state index is -1.36. The second kappa shape index (κ2) is 6.26. The van der Waals surface area contributed by atoms with E-state index in [0.717, 1.165) is 5.56 Å². The number of nitriles is 1. The number of rotatable bonds is 4. The van der Waals surface area contributed by atoms with Crippen molar-refractivity contribution in [2.24, 2.45) is 0 Å². The van der Waals surface area contributed by atoms with Crippen LogP contribution in [0.25, 0.3) is 0 Å². The van der Waals surface area contributed by atoms with Crippen LogP contribution in [0.15, 0.2) is 48.5 Å². The van der Waals surface area contributed by atoms with E-state index in [1.54, 1.807) is 30.3 Å². The molecule has 0 spiro atoms. The standard InChI is InChI=1S/C16H12Cl2FN/c17-13-7-5-12(6-8-13)9-10-16(18,11-20)14-3-1-2-4-15(14)19/h1-8H,9-10H2. The predicted octanol–water partition coefficient (Wildman–Crippen LogP) is 5.07. The van der Waals surface area contributed by atoms with Crippen LogP contribution in [0.5, 0.6) is 0 Å². The molecule has 0 aromatic heterocycles. The van der Waals surface area contributed by atoms with Crippen LogP contribution in [0.4, 0.5) is 4.39 Å². The van der Waals surface area contributed by atoms with Gasteiger partial charge in [-0.15, -0.1) is 0 Å². The Morgan fingerprint density at radius 2 is 1.75 bits per heavy atom. The van der Waals surface area contributed by atoms with E-state index in [0.29, 0.717) is 17.9 Å². The van der Waals surface area contributed by atoms with Crippen LogP contribution in [0.1, 0.15) is 17.5 Å². The monoisotopic (exact) mass is 307 g/mol. The fourth-order valence-corrected chi connectivity index (χ4v) is 2.37. The van der Waals surface area contributed by atoms with Crippen molar-refractivity contribution in [2.45, 2.75) is 17.7 Å². The lowest BCUT2D eigenvalue weighted by molar-refractivity contribution is 0.573. The minimum Gasteiger partial charge on any atom is -0.207 e. The van der Waals surface area contributed by atoms with Gasteiger partial charge in [0.15, 0.2) is 4.87 Å². The number of hydrogen-bond acceptors (Lipinski definition) is 1. The third-order valence-corrected chi connectivity index (χ3v) is 3.88. The lowest BCUT2D eigenvalue weighted by Crippen LogP contribution is -2.19. The summed E-state index contributed by atoms with van der Waals surface area (Å²) in [6.07, 6.45) is 0.899. The number of hydrogen-bond donors (Lipinski definition) is 0. The molecule has 0 heterocycles. The van der Waals surface area contributed by atoms with Crippen LogP contribution < -0.4 is 0 Å². The van der Waals surface area contributed by atoms with Crippen LogP contribution >= 0.6 is 23.2 Å². The van der Waals surface area contributed by atoms with Gasteiger partial charge >= 0.3 is 0 Å². The molecule has 0 saturated heterocycles.